The van der Waals surface area contributed by atoms with Gasteiger partial charge in [0.25, 0.3) is 5.91 Å². The van der Waals surface area contributed by atoms with E-state index in [0.29, 0.717) is 18.8 Å². The minimum absolute atomic E-state index is 0.0119. The summed E-state index contributed by atoms with van der Waals surface area (Å²) in [7, 11) is 0. The average Bonchev–Trinajstić information content (AvgIpc) is 3.31. The molecular weight excluding hydrogens is 320 g/mol. The van der Waals surface area contributed by atoms with Crippen LogP contribution in [0.2, 0.25) is 0 Å². The zero-order valence-corrected chi connectivity index (χ0v) is 14.1. The summed E-state index contributed by atoms with van der Waals surface area (Å²) in [5.41, 5.74) is 2.79. The standard InChI is InChI=1S/C18H18N4OS/c23-18(17-11-15-3-1-9-22(15)20-17)21(13-16-4-2-10-24-16)12-14-5-7-19-8-6-14/h2,4-8,10-11H,1,3,9,12-13H2. The van der Waals surface area contributed by atoms with Gasteiger partial charge < -0.3 is 4.90 Å². The zero-order chi connectivity index (χ0) is 16.4. The summed E-state index contributed by atoms with van der Waals surface area (Å²) in [5.74, 6) is -0.0119. The van der Waals surface area contributed by atoms with Crippen LogP contribution in [0.25, 0.3) is 0 Å². The predicted molar refractivity (Wildman–Crippen MR) is 92.7 cm³/mol. The minimum atomic E-state index is -0.0119. The van der Waals surface area contributed by atoms with Gasteiger partial charge >= 0.3 is 0 Å². The maximum Gasteiger partial charge on any atom is 0.274 e. The molecule has 0 radical (unpaired) electrons. The maximum atomic E-state index is 13.0. The Kier molecular flexibility index (Phi) is 4.13. The molecule has 0 saturated carbocycles. The number of carbonyl (C=O) groups is 1. The van der Waals surface area contributed by atoms with Crippen LogP contribution in [0.15, 0.2) is 48.1 Å². The highest BCUT2D eigenvalue weighted by Gasteiger charge is 2.23. The first-order valence-corrected chi connectivity index (χ1v) is 8.95. The molecule has 1 aliphatic rings. The number of amides is 1. The first kappa shape index (κ1) is 15.1. The lowest BCUT2D eigenvalue weighted by molar-refractivity contribution is 0.0724. The van der Waals surface area contributed by atoms with E-state index >= 15 is 0 Å². The molecule has 0 N–H and O–H groups in total. The van der Waals surface area contributed by atoms with Gasteiger partial charge in [-0.3, -0.25) is 14.5 Å². The number of hydrogen-bond donors (Lipinski definition) is 0. The highest BCUT2D eigenvalue weighted by atomic mass is 32.1. The van der Waals surface area contributed by atoms with E-state index in [2.05, 4.69) is 16.1 Å². The van der Waals surface area contributed by atoms with E-state index in [1.807, 2.05) is 39.2 Å². The Balaban J connectivity index is 1.59. The second kappa shape index (κ2) is 6.57. The monoisotopic (exact) mass is 338 g/mol. The van der Waals surface area contributed by atoms with Crippen LogP contribution in [0, 0.1) is 0 Å². The molecule has 1 aliphatic heterocycles. The largest absolute Gasteiger partial charge is 0.328 e. The van der Waals surface area contributed by atoms with Gasteiger partial charge in [-0.25, -0.2) is 0 Å². The Labute approximate surface area is 144 Å². The first-order valence-electron chi connectivity index (χ1n) is 8.07. The van der Waals surface area contributed by atoms with Gasteiger partial charge in [0.1, 0.15) is 0 Å². The van der Waals surface area contributed by atoms with E-state index < -0.39 is 0 Å². The van der Waals surface area contributed by atoms with Crippen molar-refractivity contribution in [1.29, 1.82) is 0 Å². The summed E-state index contributed by atoms with van der Waals surface area (Å²) in [4.78, 5) is 20.1. The molecule has 0 bridgehead atoms. The fourth-order valence-electron chi connectivity index (χ4n) is 3.03. The summed E-state index contributed by atoms with van der Waals surface area (Å²) in [6.07, 6.45) is 5.64. The number of rotatable bonds is 5. The molecule has 0 aromatic carbocycles. The molecule has 3 aromatic heterocycles. The van der Waals surface area contributed by atoms with Crippen molar-refractivity contribution in [2.24, 2.45) is 0 Å². The molecule has 0 aliphatic carbocycles. The van der Waals surface area contributed by atoms with E-state index in [0.717, 1.165) is 24.9 Å². The smallest absolute Gasteiger partial charge is 0.274 e. The summed E-state index contributed by atoms with van der Waals surface area (Å²) in [6.45, 7) is 2.07. The number of hydrogen-bond acceptors (Lipinski definition) is 4. The molecule has 6 heteroatoms. The lowest BCUT2D eigenvalue weighted by Crippen LogP contribution is -2.30. The molecule has 0 unspecified atom stereocenters. The van der Waals surface area contributed by atoms with E-state index in [4.69, 9.17) is 0 Å². The Morgan fingerprint density at radius 1 is 1.25 bits per heavy atom. The van der Waals surface area contributed by atoms with Gasteiger partial charge in [-0.1, -0.05) is 6.07 Å². The van der Waals surface area contributed by atoms with Crippen LogP contribution in [-0.4, -0.2) is 25.6 Å². The van der Waals surface area contributed by atoms with Crippen LogP contribution in [-0.2, 0) is 26.1 Å². The van der Waals surface area contributed by atoms with E-state index in [1.165, 1.54) is 10.6 Å². The Hall–Kier alpha value is -2.47. The lowest BCUT2D eigenvalue weighted by atomic mass is 10.2. The molecule has 3 aromatic rings. The fraction of sp³-hybridized carbons (Fsp3) is 0.278. The van der Waals surface area contributed by atoms with E-state index in [1.54, 1.807) is 23.7 Å². The van der Waals surface area contributed by atoms with E-state index in [-0.39, 0.29) is 5.91 Å². The number of carbonyl (C=O) groups excluding carboxylic acids is 1. The molecule has 4 heterocycles. The quantitative estimate of drug-likeness (QED) is 0.718. The third-order valence-electron chi connectivity index (χ3n) is 4.22. The molecule has 5 nitrogen and oxygen atoms in total. The van der Waals surface area contributed by atoms with Crippen LogP contribution >= 0.6 is 11.3 Å². The number of pyridine rings is 1. The molecule has 0 fully saturated rings. The fourth-order valence-corrected chi connectivity index (χ4v) is 3.74. The highest BCUT2D eigenvalue weighted by Crippen LogP contribution is 2.20. The van der Waals surface area contributed by atoms with Crippen molar-refractivity contribution in [2.45, 2.75) is 32.5 Å². The van der Waals surface area contributed by atoms with Gasteiger partial charge in [0.15, 0.2) is 5.69 Å². The van der Waals surface area contributed by atoms with Crippen LogP contribution in [0.3, 0.4) is 0 Å². The molecule has 24 heavy (non-hydrogen) atoms. The third kappa shape index (κ3) is 3.10. The SMILES string of the molecule is O=C(c1cc2n(n1)CCC2)N(Cc1ccncc1)Cc1cccs1. The first-order chi connectivity index (χ1) is 11.8. The lowest BCUT2D eigenvalue weighted by Gasteiger charge is -2.21. The topological polar surface area (TPSA) is 51.0 Å². The normalized spacial score (nSPS) is 13.0. The van der Waals surface area contributed by atoms with Crippen molar-refractivity contribution in [3.8, 4) is 0 Å². The summed E-state index contributed by atoms with van der Waals surface area (Å²) >= 11 is 1.67. The maximum absolute atomic E-state index is 13.0. The molecule has 0 saturated heterocycles. The van der Waals surface area contributed by atoms with Crippen LogP contribution < -0.4 is 0 Å². The van der Waals surface area contributed by atoms with Gasteiger partial charge in [0, 0.05) is 36.1 Å². The average molecular weight is 338 g/mol. The Morgan fingerprint density at radius 3 is 2.88 bits per heavy atom. The van der Waals surface area contributed by atoms with Crippen molar-refractivity contribution in [2.75, 3.05) is 0 Å². The van der Waals surface area contributed by atoms with Gasteiger partial charge in [0.05, 0.1) is 6.54 Å². The van der Waals surface area contributed by atoms with Crippen LogP contribution in [0.4, 0.5) is 0 Å². The van der Waals surface area contributed by atoms with Crippen molar-refractivity contribution in [3.05, 3.63) is 69.9 Å². The van der Waals surface area contributed by atoms with E-state index in [9.17, 15) is 4.79 Å². The van der Waals surface area contributed by atoms with Crippen LogP contribution in [0.1, 0.15) is 33.0 Å². The van der Waals surface area contributed by atoms with Crippen molar-refractivity contribution in [3.63, 3.8) is 0 Å². The second-order valence-corrected chi connectivity index (χ2v) is 6.98. The molecule has 0 atom stereocenters. The number of aromatic nitrogens is 3. The van der Waals surface area contributed by atoms with Crippen molar-refractivity contribution >= 4 is 17.2 Å². The Morgan fingerprint density at radius 2 is 2.12 bits per heavy atom. The number of aryl methyl sites for hydroxylation is 2. The summed E-state index contributed by atoms with van der Waals surface area (Å²) < 4.78 is 1.96. The minimum Gasteiger partial charge on any atom is -0.328 e. The van der Waals surface area contributed by atoms with Gasteiger partial charge in [-0.15, -0.1) is 11.3 Å². The van der Waals surface area contributed by atoms with Gasteiger partial charge in [0.2, 0.25) is 0 Å². The molecule has 1 amide bonds. The zero-order valence-electron chi connectivity index (χ0n) is 13.3. The summed E-state index contributed by atoms with van der Waals surface area (Å²) in [5, 5.41) is 6.54. The molecule has 122 valence electrons. The predicted octanol–water partition coefficient (Wildman–Crippen LogP) is 3.13. The molecule has 4 rings (SSSR count). The Bertz CT molecular complexity index is 805. The van der Waals surface area contributed by atoms with Gasteiger partial charge in [-0.05, 0) is 48.1 Å². The number of nitrogens with zero attached hydrogens (tertiary/aromatic N) is 4. The van der Waals surface area contributed by atoms with Crippen LogP contribution in [0.5, 0.6) is 0 Å². The van der Waals surface area contributed by atoms with Crippen molar-refractivity contribution < 1.29 is 4.79 Å². The summed E-state index contributed by atoms with van der Waals surface area (Å²) in [6, 6.07) is 9.91. The molecule has 0 spiro atoms. The second-order valence-electron chi connectivity index (χ2n) is 5.94. The third-order valence-corrected chi connectivity index (χ3v) is 5.08. The number of fused-ring (bicyclic) bond motifs is 1. The highest BCUT2D eigenvalue weighted by molar-refractivity contribution is 7.09. The molecular formula is C18H18N4OS. The number of thiophene rings is 1. The van der Waals surface area contributed by atoms with Gasteiger partial charge in [-0.2, -0.15) is 5.10 Å². The van der Waals surface area contributed by atoms with Crippen molar-refractivity contribution in [1.82, 2.24) is 19.7 Å².